The van der Waals surface area contributed by atoms with E-state index in [-0.39, 0.29) is 17.3 Å². The van der Waals surface area contributed by atoms with Gasteiger partial charge in [-0.3, -0.25) is 4.79 Å². The molecule has 1 amide bonds. The second kappa shape index (κ2) is 7.08. The summed E-state index contributed by atoms with van der Waals surface area (Å²) >= 11 is 5.83. The lowest BCUT2D eigenvalue weighted by Gasteiger charge is -2.38. The summed E-state index contributed by atoms with van der Waals surface area (Å²) in [5.41, 5.74) is 3.31. The molecule has 1 aliphatic carbocycles. The van der Waals surface area contributed by atoms with E-state index >= 15 is 0 Å². The number of halogens is 5. The van der Waals surface area contributed by atoms with Crippen LogP contribution in [0.1, 0.15) is 41.4 Å². The molecule has 1 aromatic heterocycles. The summed E-state index contributed by atoms with van der Waals surface area (Å²) in [6.07, 6.45) is -2.56. The van der Waals surface area contributed by atoms with Gasteiger partial charge in [0.15, 0.2) is 0 Å². The van der Waals surface area contributed by atoms with Gasteiger partial charge in [0, 0.05) is 22.9 Å². The number of rotatable bonds is 3. The molecule has 1 aromatic carbocycles. The van der Waals surface area contributed by atoms with Gasteiger partial charge in [-0.25, -0.2) is 14.4 Å². The number of hydrogen-bond donors (Lipinski definition) is 2. The Morgan fingerprint density at radius 3 is 2.61 bits per heavy atom. The van der Waals surface area contributed by atoms with E-state index in [1.54, 1.807) is 6.92 Å². The summed E-state index contributed by atoms with van der Waals surface area (Å²) in [6, 6.07) is 4.50. The number of aliphatic imine (C=N–C) groups is 1. The lowest BCUT2D eigenvalue weighted by atomic mass is 9.76. The first-order valence-corrected chi connectivity index (χ1v) is 9.65. The Morgan fingerprint density at radius 2 is 2.00 bits per heavy atom. The molecule has 31 heavy (non-hydrogen) atoms. The normalized spacial score (nSPS) is 21.9. The van der Waals surface area contributed by atoms with E-state index in [1.807, 2.05) is 0 Å². The summed E-state index contributed by atoms with van der Waals surface area (Å²) in [5, 5.41) is 2.04. The minimum Gasteiger partial charge on any atom is -0.465 e. The Kier molecular flexibility index (Phi) is 4.88. The van der Waals surface area contributed by atoms with Crippen LogP contribution < -0.4 is 11.1 Å². The van der Waals surface area contributed by atoms with Gasteiger partial charge in [0.1, 0.15) is 17.1 Å². The van der Waals surface area contributed by atoms with E-state index in [2.05, 4.69) is 15.3 Å². The molecular weight excluding hydrogens is 440 g/mol. The largest absolute Gasteiger partial charge is 0.465 e. The molecule has 1 spiro atoms. The number of alkyl halides is 3. The van der Waals surface area contributed by atoms with Crippen LogP contribution in [-0.2, 0) is 16.5 Å². The number of nitrogens with one attached hydrogen (secondary N) is 1. The third-order valence-corrected chi connectivity index (χ3v) is 6.14. The van der Waals surface area contributed by atoms with Crippen molar-refractivity contribution >= 4 is 29.2 Å². The second-order valence-electron chi connectivity index (χ2n) is 7.79. The molecule has 3 N–H and O–H groups in total. The van der Waals surface area contributed by atoms with E-state index in [1.165, 1.54) is 18.2 Å². The zero-order chi connectivity index (χ0) is 22.6. The van der Waals surface area contributed by atoms with Crippen LogP contribution in [0, 0.1) is 11.2 Å². The van der Waals surface area contributed by atoms with E-state index in [0.29, 0.717) is 18.9 Å². The molecule has 1 saturated carbocycles. The molecular formula is C20H17ClF4N4O2. The van der Waals surface area contributed by atoms with Crippen molar-refractivity contribution in [3.8, 4) is 0 Å². The van der Waals surface area contributed by atoms with E-state index in [0.717, 1.165) is 12.8 Å². The first-order chi connectivity index (χ1) is 14.4. The van der Waals surface area contributed by atoms with Crippen LogP contribution in [0.25, 0.3) is 0 Å². The van der Waals surface area contributed by atoms with Crippen molar-refractivity contribution < 1.29 is 27.1 Å². The van der Waals surface area contributed by atoms with Gasteiger partial charge >= 0.3 is 6.18 Å². The number of nitrogens with two attached hydrogens (primary N) is 1. The molecule has 0 bridgehead atoms. The highest BCUT2D eigenvalue weighted by molar-refractivity contribution is 6.34. The smallest absolute Gasteiger partial charge is 0.417 e. The minimum atomic E-state index is -4.64. The van der Waals surface area contributed by atoms with Gasteiger partial charge in [0.05, 0.1) is 17.2 Å². The lowest BCUT2D eigenvalue weighted by Crippen LogP contribution is -2.43. The molecule has 1 atom stereocenters. The number of anilines is 1. The first kappa shape index (κ1) is 21.4. The number of aromatic nitrogens is 1. The predicted molar refractivity (Wildman–Crippen MR) is 105 cm³/mol. The number of benzene rings is 1. The van der Waals surface area contributed by atoms with E-state index in [9.17, 15) is 22.4 Å². The molecule has 1 aliphatic heterocycles. The predicted octanol–water partition coefficient (Wildman–Crippen LogP) is 4.49. The van der Waals surface area contributed by atoms with Crippen LogP contribution in [0.5, 0.6) is 0 Å². The van der Waals surface area contributed by atoms with Gasteiger partial charge in [-0.05, 0) is 44.0 Å². The molecule has 11 heteroatoms. The third-order valence-electron chi connectivity index (χ3n) is 5.85. The van der Waals surface area contributed by atoms with Gasteiger partial charge in [0.2, 0.25) is 0 Å². The van der Waals surface area contributed by atoms with Crippen molar-refractivity contribution in [1.82, 2.24) is 4.98 Å². The molecule has 1 fully saturated rings. The SMILES string of the molecule is C[C@]1(c2cc(NC(=O)c3ncc(C(F)(F)F)cc3Cl)ccc2F)N=C(N)OCC12CC2. The van der Waals surface area contributed by atoms with Crippen LogP contribution >= 0.6 is 11.6 Å². The van der Waals surface area contributed by atoms with Gasteiger partial charge in [-0.15, -0.1) is 0 Å². The number of amides is 1. The fraction of sp³-hybridized carbons (Fsp3) is 0.350. The number of amidine groups is 1. The van der Waals surface area contributed by atoms with Crippen LogP contribution in [0.15, 0.2) is 35.5 Å². The standard InChI is InChI=1S/C20H17ClF4N4O2/c1-18(19(4-5-19)9-31-17(26)29-18)12-7-11(2-3-14(12)22)28-16(30)15-13(21)6-10(8-27-15)20(23,24)25/h2-3,6-8H,4-5,9H2,1H3,(H2,26,29)(H,28,30)/t18-/m1/s1. The van der Waals surface area contributed by atoms with Gasteiger partial charge in [0.25, 0.3) is 11.9 Å². The van der Waals surface area contributed by atoms with E-state index in [4.69, 9.17) is 22.1 Å². The highest BCUT2D eigenvalue weighted by atomic mass is 35.5. The van der Waals surface area contributed by atoms with Crippen LogP contribution in [-0.4, -0.2) is 23.5 Å². The molecule has 0 unspecified atom stereocenters. The summed E-state index contributed by atoms with van der Waals surface area (Å²) < 4.78 is 58.4. The molecule has 4 rings (SSSR count). The van der Waals surface area contributed by atoms with Crippen molar-refractivity contribution in [2.75, 3.05) is 11.9 Å². The number of hydrogen-bond acceptors (Lipinski definition) is 5. The first-order valence-electron chi connectivity index (χ1n) is 9.27. The Bertz CT molecular complexity index is 1100. The molecule has 2 aromatic rings. The van der Waals surface area contributed by atoms with Crippen molar-refractivity contribution in [2.45, 2.75) is 31.5 Å². The summed E-state index contributed by atoms with van der Waals surface area (Å²) in [4.78, 5) is 20.4. The fourth-order valence-electron chi connectivity index (χ4n) is 3.78. The zero-order valence-corrected chi connectivity index (χ0v) is 16.9. The van der Waals surface area contributed by atoms with Crippen molar-refractivity contribution in [3.63, 3.8) is 0 Å². The highest BCUT2D eigenvalue weighted by Gasteiger charge is 2.61. The Balaban J connectivity index is 1.64. The maximum atomic E-state index is 14.8. The molecule has 2 heterocycles. The fourth-order valence-corrected chi connectivity index (χ4v) is 4.03. The number of nitrogens with zero attached hydrogens (tertiary/aromatic N) is 2. The number of carbonyl (C=O) groups is 1. The monoisotopic (exact) mass is 456 g/mol. The molecule has 6 nitrogen and oxygen atoms in total. The van der Waals surface area contributed by atoms with Crippen molar-refractivity contribution in [2.24, 2.45) is 16.1 Å². The average molecular weight is 457 g/mol. The van der Waals surface area contributed by atoms with Crippen LogP contribution in [0.3, 0.4) is 0 Å². The Morgan fingerprint density at radius 1 is 1.29 bits per heavy atom. The Labute approximate surface area is 179 Å². The molecule has 0 saturated heterocycles. The summed E-state index contributed by atoms with van der Waals surface area (Å²) in [6.45, 7) is 2.06. The molecule has 2 aliphatic rings. The van der Waals surface area contributed by atoms with Crippen LogP contribution in [0.2, 0.25) is 5.02 Å². The molecule has 0 radical (unpaired) electrons. The average Bonchev–Trinajstić information content (AvgIpc) is 3.47. The van der Waals surface area contributed by atoms with Gasteiger partial charge < -0.3 is 15.8 Å². The van der Waals surface area contributed by atoms with Gasteiger partial charge in [-0.1, -0.05) is 11.6 Å². The van der Waals surface area contributed by atoms with Crippen molar-refractivity contribution in [1.29, 1.82) is 0 Å². The maximum Gasteiger partial charge on any atom is 0.417 e. The number of pyridine rings is 1. The molecule has 164 valence electrons. The van der Waals surface area contributed by atoms with Crippen molar-refractivity contribution in [3.05, 3.63) is 58.1 Å². The summed E-state index contributed by atoms with van der Waals surface area (Å²) in [5.74, 6) is -1.37. The quantitative estimate of drug-likeness (QED) is 0.666. The number of ether oxygens (including phenoxy) is 1. The number of carbonyl (C=O) groups excluding carboxylic acids is 1. The van der Waals surface area contributed by atoms with Gasteiger partial charge in [-0.2, -0.15) is 13.2 Å². The highest BCUT2D eigenvalue weighted by Crippen LogP contribution is 2.62. The Hall–Kier alpha value is -2.88. The zero-order valence-electron chi connectivity index (χ0n) is 16.2. The second-order valence-corrected chi connectivity index (χ2v) is 8.20. The lowest BCUT2D eigenvalue weighted by molar-refractivity contribution is -0.137. The maximum absolute atomic E-state index is 14.8. The van der Waals surface area contributed by atoms with E-state index < -0.39 is 45.1 Å². The topological polar surface area (TPSA) is 89.6 Å². The van der Waals surface area contributed by atoms with Crippen LogP contribution in [0.4, 0.5) is 23.2 Å². The minimum absolute atomic E-state index is 0.0467. The summed E-state index contributed by atoms with van der Waals surface area (Å²) in [7, 11) is 0. The third kappa shape index (κ3) is 3.69.